The summed E-state index contributed by atoms with van der Waals surface area (Å²) in [4.78, 5) is 19.1. The fourth-order valence-electron chi connectivity index (χ4n) is 3.50. The maximum absolute atomic E-state index is 13.2. The van der Waals surface area contributed by atoms with E-state index in [-0.39, 0.29) is 11.7 Å². The molecule has 2 aromatic heterocycles. The van der Waals surface area contributed by atoms with Gasteiger partial charge in [0.1, 0.15) is 10.8 Å². The Hall–Kier alpha value is -3.05. The van der Waals surface area contributed by atoms with Gasteiger partial charge in [-0.3, -0.25) is 10.1 Å². The Kier molecular flexibility index (Phi) is 6.73. The van der Waals surface area contributed by atoms with Crippen LogP contribution in [-0.4, -0.2) is 51.0 Å². The van der Waals surface area contributed by atoms with E-state index in [0.717, 1.165) is 30.9 Å². The second-order valence-corrected chi connectivity index (χ2v) is 8.19. The van der Waals surface area contributed by atoms with E-state index in [9.17, 15) is 9.18 Å². The molecule has 162 valence electrons. The van der Waals surface area contributed by atoms with Gasteiger partial charge in [-0.05, 0) is 37.0 Å². The third kappa shape index (κ3) is 5.36. The van der Waals surface area contributed by atoms with E-state index in [1.807, 2.05) is 0 Å². The van der Waals surface area contributed by atoms with Crippen LogP contribution in [0.15, 0.2) is 36.7 Å². The van der Waals surface area contributed by atoms with Crippen molar-refractivity contribution in [2.75, 3.05) is 29.9 Å². The Morgan fingerprint density at radius 1 is 1.29 bits per heavy atom. The summed E-state index contributed by atoms with van der Waals surface area (Å²) in [6.07, 6.45) is 4.10. The van der Waals surface area contributed by atoms with Crippen LogP contribution in [0.3, 0.4) is 0 Å². The van der Waals surface area contributed by atoms with Crippen molar-refractivity contribution in [2.45, 2.75) is 25.9 Å². The molecule has 1 aromatic carbocycles. The molecule has 1 amide bonds. The lowest BCUT2D eigenvalue weighted by Crippen LogP contribution is -2.23. The first-order valence-corrected chi connectivity index (χ1v) is 10.8. The number of hydrogen-bond acceptors (Lipinski definition) is 9. The Labute approximate surface area is 182 Å². The average molecular weight is 444 g/mol. The highest BCUT2D eigenvalue weighted by Gasteiger charge is 2.27. The van der Waals surface area contributed by atoms with Gasteiger partial charge in [0.2, 0.25) is 11.1 Å². The van der Waals surface area contributed by atoms with Crippen molar-refractivity contribution in [3.05, 3.63) is 53.0 Å². The quantitative estimate of drug-likeness (QED) is 0.566. The van der Waals surface area contributed by atoms with E-state index in [4.69, 9.17) is 4.74 Å². The first-order valence-electron chi connectivity index (χ1n) is 10.0. The SMILES string of the molecule is CCO[C@@H](C(=O)Nc1nnc(C[C@@H]2CCN(c3nccnn3)C2)s1)c1ccc(F)cc1. The fraction of sp³-hybridized carbons (Fsp3) is 0.400. The number of anilines is 2. The first-order chi connectivity index (χ1) is 15.1. The van der Waals surface area contributed by atoms with Crippen LogP contribution in [0.4, 0.5) is 15.5 Å². The maximum Gasteiger partial charge on any atom is 0.259 e. The van der Waals surface area contributed by atoms with Crippen LogP contribution < -0.4 is 10.2 Å². The standard InChI is InChI=1S/C20H22FN7O2S/c1-2-30-17(14-3-5-15(21)6-4-14)18(29)24-20-27-25-16(31-20)11-13-7-10-28(12-13)19-22-8-9-23-26-19/h3-6,8-9,13,17H,2,7,10-12H2,1H3,(H,24,27,29)/t13-,17+/m0/s1. The second kappa shape index (κ2) is 9.84. The minimum atomic E-state index is -0.846. The zero-order valence-electron chi connectivity index (χ0n) is 16.9. The molecule has 4 rings (SSSR count). The van der Waals surface area contributed by atoms with Gasteiger partial charge in [0, 0.05) is 26.1 Å². The van der Waals surface area contributed by atoms with Gasteiger partial charge < -0.3 is 9.64 Å². The molecule has 1 aliphatic rings. The molecule has 3 heterocycles. The van der Waals surface area contributed by atoms with E-state index in [1.54, 1.807) is 31.5 Å². The minimum absolute atomic E-state index is 0.343. The van der Waals surface area contributed by atoms with Crippen molar-refractivity contribution < 1.29 is 13.9 Å². The highest BCUT2D eigenvalue weighted by Crippen LogP contribution is 2.27. The molecule has 31 heavy (non-hydrogen) atoms. The fourth-order valence-corrected chi connectivity index (χ4v) is 4.36. The molecular formula is C20H22FN7O2S. The number of nitrogens with one attached hydrogen (secondary N) is 1. The molecule has 0 unspecified atom stereocenters. The summed E-state index contributed by atoms with van der Waals surface area (Å²) in [6.45, 7) is 3.83. The highest BCUT2D eigenvalue weighted by atomic mass is 32.1. The molecule has 1 aliphatic heterocycles. The Balaban J connectivity index is 1.35. The monoisotopic (exact) mass is 443 g/mol. The van der Waals surface area contributed by atoms with Gasteiger partial charge in [-0.1, -0.05) is 23.5 Å². The molecule has 1 saturated heterocycles. The summed E-state index contributed by atoms with van der Waals surface area (Å²) in [6, 6.07) is 5.69. The van der Waals surface area contributed by atoms with Gasteiger partial charge in [-0.2, -0.15) is 5.10 Å². The number of rotatable bonds is 8. The van der Waals surface area contributed by atoms with Crippen molar-refractivity contribution in [1.82, 2.24) is 25.4 Å². The van der Waals surface area contributed by atoms with Gasteiger partial charge in [0.05, 0.1) is 12.4 Å². The molecule has 3 aromatic rings. The van der Waals surface area contributed by atoms with Crippen LogP contribution >= 0.6 is 11.3 Å². The zero-order chi connectivity index (χ0) is 21.6. The number of carbonyl (C=O) groups is 1. The molecule has 0 bridgehead atoms. The van der Waals surface area contributed by atoms with Crippen molar-refractivity contribution in [3.63, 3.8) is 0 Å². The van der Waals surface area contributed by atoms with Crippen molar-refractivity contribution in [2.24, 2.45) is 5.92 Å². The highest BCUT2D eigenvalue weighted by molar-refractivity contribution is 7.15. The molecule has 1 N–H and O–H groups in total. The Morgan fingerprint density at radius 3 is 2.87 bits per heavy atom. The van der Waals surface area contributed by atoms with E-state index < -0.39 is 6.10 Å². The van der Waals surface area contributed by atoms with E-state index >= 15 is 0 Å². The van der Waals surface area contributed by atoms with Gasteiger partial charge in [-0.25, -0.2) is 9.37 Å². The second-order valence-electron chi connectivity index (χ2n) is 7.12. The van der Waals surface area contributed by atoms with Crippen LogP contribution in [-0.2, 0) is 16.0 Å². The zero-order valence-corrected chi connectivity index (χ0v) is 17.8. The molecule has 0 radical (unpaired) electrons. The van der Waals surface area contributed by atoms with Gasteiger partial charge in [0.25, 0.3) is 5.91 Å². The van der Waals surface area contributed by atoms with Crippen LogP contribution in [0.25, 0.3) is 0 Å². The predicted octanol–water partition coefficient (Wildman–Crippen LogP) is 2.65. The molecule has 0 saturated carbocycles. The molecule has 2 atom stereocenters. The third-order valence-electron chi connectivity index (χ3n) is 4.94. The maximum atomic E-state index is 13.2. The summed E-state index contributed by atoms with van der Waals surface area (Å²) in [5.74, 6) is 0.305. The molecule has 0 aliphatic carbocycles. The number of aromatic nitrogens is 5. The molecule has 11 heteroatoms. The number of carbonyl (C=O) groups excluding carboxylic acids is 1. The summed E-state index contributed by atoms with van der Waals surface area (Å²) >= 11 is 1.35. The number of hydrogen-bond donors (Lipinski definition) is 1. The normalized spacial score (nSPS) is 17.0. The van der Waals surface area contributed by atoms with Crippen molar-refractivity contribution in [3.8, 4) is 0 Å². The summed E-state index contributed by atoms with van der Waals surface area (Å²) in [7, 11) is 0. The molecule has 9 nitrogen and oxygen atoms in total. The van der Waals surface area contributed by atoms with Crippen LogP contribution in [0.1, 0.15) is 30.0 Å². The Bertz CT molecular complexity index is 1000. The summed E-state index contributed by atoms with van der Waals surface area (Å²) in [5.41, 5.74) is 0.578. The van der Waals surface area contributed by atoms with E-state index in [0.29, 0.717) is 29.2 Å². The topological polar surface area (TPSA) is 106 Å². The van der Waals surface area contributed by atoms with Gasteiger partial charge >= 0.3 is 0 Å². The smallest absolute Gasteiger partial charge is 0.259 e. The van der Waals surface area contributed by atoms with Gasteiger partial charge in [-0.15, -0.1) is 15.3 Å². The number of amides is 1. The van der Waals surface area contributed by atoms with E-state index in [1.165, 1.54) is 23.5 Å². The lowest BCUT2D eigenvalue weighted by Gasteiger charge is -2.16. The van der Waals surface area contributed by atoms with Crippen molar-refractivity contribution in [1.29, 1.82) is 0 Å². The third-order valence-corrected chi connectivity index (χ3v) is 5.80. The Morgan fingerprint density at radius 2 is 2.13 bits per heavy atom. The van der Waals surface area contributed by atoms with Crippen LogP contribution in [0.2, 0.25) is 0 Å². The van der Waals surface area contributed by atoms with Gasteiger partial charge in [0.15, 0.2) is 6.10 Å². The predicted molar refractivity (Wildman–Crippen MR) is 113 cm³/mol. The largest absolute Gasteiger partial charge is 0.364 e. The number of benzene rings is 1. The molecule has 1 fully saturated rings. The minimum Gasteiger partial charge on any atom is -0.364 e. The molecule has 0 spiro atoms. The van der Waals surface area contributed by atoms with Crippen LogP contribution in [0, 0.1) is 11.7 Å². The number of ether oxygens (including phenoxy) is 1. The molecular weight excluding hydrogens is 421 g/mol. The van der Waals surface area contributed by atoms with Crippen LogP contribution in [0.5, 0.6) is 0 Å². The van der Waals surface area contributed by atoms with Crippen molar-refractivity contribution >= 4 is 28.3 Å². The summed E-state index contributed by atoms with van der Waals surface area (Å²) < 4.78 is 18.8. The first kappa shape index (κ1) is 21.2. The lowest BCUT2D eigenvalue weighted by atomic mass is 10.1. The number of nitrogens with zero attached hydrogens (tertiary/aromatic N) is 6. The lowest BCUT2D eigenvalue weighted by molar-refractivity contribution is -0.127. The number of halogens is 1. The van der Waals surface area contributed by atoms with E-state index in [2.05, 4.69) is 35.6 Å². The summed E-state index contributed by atoms with van der Waals surface area (Å²) in [5, 5.41) is 20.3. The average Bonchev–Trinajstić information content (AvgIpc) is 3.43.